The van der Waals surface area contributed by atoms with Crippen LogP contribution >= 0.6 is 0 Å². The maximum atomic E-state index is 13.0. The molecule has 0 spiro atoms. The normalized spacial score (nSPS) is 16.1. The second-order valence-electron chi connectivity index (χ2n) is 8.44. The predicted molar refractivity (Wildman–Crippen MR) is 123 cm³/mol. The monoisotopic (exact) mass is 460 g/mol. The first kappa shape index (κ1) is 23.6. The minimum atomic E-state index is -3.35. The van der Waals surface area contributed by atoms with Gasteiger partial charge in [-0.15, -0.1) is 0 Å². The van der Waals surface area contributed by atoms with Gasteiger partial charge in [0.05, 0.1) is 29.4 Å². The number of anilines is 2. The smallest absolute Gasteiger partial charge is 0.411 e. The van der Waals surface area contributed by atoms with Crippen molar-refractivity contribution in [3.63, 3.8) is 0 Å². The molecule has 0 aromatic heterocycles. The van der Waals surface area contributed by atoms with E-state index in [1.54, 1.807) is 29.2 Å². The topological polar surface area (TPSA) is 104 Å². The highest BCUT2D eigenvalue weighted by Crippen LogP contribution is 2.44. The summed E-state index contributed by atoms with van der Waals surface area (Å²) in [5.74, 6) is 0.536. The first-order chi connectivity index (χ1) is 14.9. The predicted octanol–water partition coefficient (Wildman–Crippen LogP) is 4.03. The van der Waals surface area contributed by atoms with Crippen molar-refractivity contribution in [1.29, 1.82) is 0 Å². The molecule has 3 rings (SSSR count). The second-order valence-corrected chi connectivity index (χ2v) is 10.5. The lowest BCUT2D eigenvalue weighted by molar-refractivity contribution is -0.119. The number of methoxy groups -OCH3 is 1. The summed E-state index contributed by atoms with van der Waals surface area (Å²) in [6.45, 7) is 5.88. The summed E-state index contributed by atoms with van der Waals surface area (Å²) in [7, 11) is -1.85. The summed E-state index contributed by atoms with van der Waals surface area (Å²) in [5.41, 5.74) is 2.13. The molecule has 0 aliphatic carbocycles. The maximum Gasteiger partial charge on any atom is 0.411 e. The first-order valence-electron chi connectivity index (χ1n) is 10.3. The maximum absolute atomic E-state index is 13.0. The molecule has 2 aromatic carbocycles. The summed E-state index contributed by atoms with van der Waals surface area (Å²) in [4.78, 5) is 28.1. The Kier molecular flexibility index (Phi) is 6.50. The molecule has 2 aromatic rings. The van der Waals surface area contributed by atoms with Crippen LogP contribution in [-0.2, 0) is 14.6 Å². The molecule has 0 fully saturated rings. The number of carbonyl (C=O) groups excluding carboxylic acids is 1. The van der Waals surface area contributed by atoms with Crippen molar-refractivity contribution in [2.75, 3.05) is 29.7 Å². The van der Waals surface area contributed by atoms with Gasteiger partial charge in [-0.05, 0) is 36.6 Å². The molecule has 32 heavy (non-hydrogen) atoms. The van der Waals surface area contributed by atoms with Crippen molar-refractivity contribution < 1.29 is 27.9 Å². The number of hydrogen-bond donors (Lipinski definition) is 1. The van der Waals surface area contributed by atoms with E-state index in [1.165, 1.54) is 24.1 Å². The lowest BCUT2D eigenvalue weighted by Gasteiger charge is -2.40. The third kappa shape index (κ3) is 4.57. The number of benzene rings is 2. The zero-order chi connectivity index (χ0) is 23.8. The van der Waals surface area contributed by atoms with Crippen molar-refractivity contribution in [3.8, 4) is 16.9 Å². The van der Waals surface area contributed by atoms with Crippen LogP contribution in [0.3, 0.4) is 0 Å². The van der Waals surface area contributed by atoms with Crippen molar-refractivity contribution in [2.24, 2.45) is 5.92 Å². The number of amides is 2. The molecule has 0 saturated heterocycles. The highest BCUT2D eigenvalue weighted by Gasteiger charge is 2.36. The van der Waals surface area contributed by atoms with Gasteiger partial charge in [-0.2, -0.15) is 0 Å². The number of fused-ring (bicyclic) bond motifs is 1. The fourth-order valence-electron chi connectivity index (χ4n) is 3.93. The fraction of sp³-hybridized carbons (Fsp3) is 0.391. The molecular formula is C23H28N2O6S. The number of sulfone groups is 1. The Labute approximate surface area is 188 Å². The third-order valence-corrected chi connectivity index (χ3v) is 6.54. The number of carbonyl (C=O) groups is 2. The van der Waals surface area contributed by atoms with Gasteiger partial charge >= 0.3 is 6.09 Å². The van der Waals surface area contributed by atoms with Crippen molar-refractivity contribution in [1.82, 2.24) is 0 Å². The van der Waals surface area contributed by atoms with Crippen LogP contribution < -0.4 is 14.5 Å². The number of nitrogens with zero attached hydrogens (tertiary/aromatic N) is 2. The van der Waals surface area contributed by atoms with Crippen LogP contribution in [0.1, 0.15) is 27.2 Å². The van der Waals surface area contributed by atoms with E-state index in [1.807, 2.05) is 20.8 Å². The molecule has 1 N–H and O–H groups in total. The Bertz CT molecular complexity index is 1140. The number of ether oxygens (including phenoxy) is 1. The average molecular weight is 461 g/mol. The van der Waals surface area contributed by atoms with Crippen molar-refractivity contribution in [2.45, 2.75) is 38.1 Å². The molecule has 1 aliphatic heterocycles. The summed E-state index contributed by atoms with van der Waals surface area (Å²) >= 11 is 0. The lowest BCUT2D eigenvalue weighted by atomic mass is 9.98. The fourth-order valence-corrected chi connectivity index (χ4v) is 4.56. The molecule has 1 aliphatic rings. The molecule has 1 atom stereocenters. The molecule has 0 radical (unpaired) electrons. The van der Waals surface area contributed by atoms with Gasteiger partial charge < -0.3 is 14.7 Å². The van der Waals surface area contributed by atoms with E-state index in [9.17, 15) is 23.1 Å². The molecule has 0 bridgehead atoms. The zero-order valence-electron chi connectivity index (χ0n) is 18.8. The largest absolute Gasteiger partial charge is 0.496 e. The highest BCUT2D eigenvalue weighted by atomic mass is 32.2. The standard InChI is InChI=1S/C23H28N2O6S/c1-14(2)10-22(26)25-15(3)13-24(23(27)28)19-11-18(21(31-4)12-20(19)25)16-6-8-17(9-7-16)32(5,29)30/h6-9,11-12,14-15H,10,13H2,1-5H3,(H,27,28). The van der Waals surface area contributed by atoms with E-state index in [-0.39, 0.29) is 29.3 Å². The summed E-state index contributed by atoms with van der Waals surface area (Å²) in [6, 6.07) is 9.32. The van der Waals surface area contributed by atoms with E-state index >= 15 is 0 Å². The lowest BCUT2D eigenvalue weighted by Crippen LogP contribution is -2.52. The van der Waals surface area contributed by atoms with Gasteiger partial charge in [-0.1, -0.05) is 26.0 Å². The number of hydrogen-bond acceptors (Lipinski definition) is 5. The van der Waals surface area contributed by atoms with Gasteiger partial charge in [0.2, 0.25) is 5.91 Å². The van der Waals surface area contributed by atoms with Gasteiger partial charge in [0.25, 0.3) is 0 Å². The Morgan fingerprint density at radius 1 is 1.16 bits per heavy atom. The summed E-state index contributed by atoms with van der Waals surface area (Å²) in [5, 5.41) is 9.81. The van der Waals surface area contributed by atoms with E-state index in [2.05, 4.69) is 0 Å². The van der Waals surface area contributed by atoms with Crippen LogP contribution in [0.2, 0.25) is 0 Å². The van der Waals surface area contributed by atoms with Gasteiger partial charge in [-0.25, -0.2) is 13.2 Å². The minimum Gasteiger partial charge on any atom is -0.496 e. The van der Waals surface area contributed by atoms with E-state index in [4.69, 9.17) is 4.74 Å². The Morgan fingerprint density at radius 3 is 2.28 bits per heavy atom. The summed E-state index contributed by atoms with van der Waals surface area (Å²) in [6.07, 6.45) is 0.363. The van der Waals surface area contributed by atoms with Crippen LogP contribution in [0, 0.1) is 5.92 Å². The number of carboxylic acid groups (broad SMARTS) is 1. The van der Waals surface area contributed by atoms with E-state index in [0.717, 1.165) is 6.26 Å². The third-order valence-electron chi connectivity index (χ3n) is 5.41. The van der Waals surface area contributed by atoms with Gasteiger partial charge in [0, 0.05) is 30.9 Å². The SMILES string of the molecule is COc1cc2c(cc1-c1ccc(S(C)(=O)=O)cc1)N(C(=O)O)CC(C)N2C(=O)CC(C)C. The van der Waals surface area contributed by atoms with Crippen molar-refractivity contribution in [3.05, 3.63) is 36.4 Å². The molecule has 8 nitrogen and oxygen atoms in total. The Balaban J connectivity index is 2.18. The van der Waals surface area contributed by atoms with E-state index in [0.29, 0.717) is 34.7 Å². The molecule has 2 amide bonds. The molecular weight excluding hydrogens is 432 g/mol. The number of rotatable bonds is 5. The molecule has 9 heteroatoms. The van der Waals surface area contributed by atoms with Crippen molar-refractivity contribution >= 4 is 33.2 Å². The average Bonchev–Trinajstić information content (AvgIpc) is 2.70. The zero-order valence-corrected chi connectivity index (χ0v) is 19.6. The van der Waals surface area contributed by atoms with Gasteiger partial charge in [-0.3, -0.25) is 9.69 Å². The Hall–Kier alpha value is -3.07. The quantitative estimate of drug-likeness (QED) is 0.722. The van der Waals surface area contributed by atoms with Gasteiger partial charge in [0.1, 0.15) is 5.75 Å². The second kappa shape index (κ2) is 8.82. The van der Waals surface area contributed by atoms with Crippen LogP contribution in [-0.4, -0.2) is 51.5 Å². The highest BCUT2D eigenvalue weighted by molar-refractivity contribution is 7.90. The van der Waals surface area contributed by atoms with Gasteiger partial charge in [0.15, 0.2) is 9.84 Å². The van der Waals surface area contributed by atoms with Crippen LogP contribution in [0.4, 0.5) is 16.2 Å². The molecule has 1 heterocycles. The molecule has 1 unspecified atom stereocenters. The Morgan fingerprint density at radius 2 is 1.78 bits per heavy atom. The first-order valence-corrected chi connectivity index (χ1v) is 12.2. The van der Waals surface area contributed by atoms with Crippen LogP contribution in [0.25, 0.3) is 11.1 Å². The van der Waals surface area contributed by atoms with E-state index < -0.39 is 15.9 Å². The van der Waals surface area contributed by atoms with Crippen LogP contribution in [0.5, 0.6) is 5.75 Å². The minimum absolute atomic E-state index is 0.0777. The molecule has 0 saturated carbocycles. The van der Waals surface area contributed by atoms with Crippen LogP contribution in [0.15, 0.2) is 41.3 Å². The molecule has 172 valence electrons. The summed E-state index contributed by atoms with van der Waals surface area (Å²) < 4.78 is 29.2.